The van der Waals surface area contributed by atoms with Crippen molar-refractivity contribution in [3.8, 4) is 5.75 Å². The summed E-state index contributed by atoms with van der Waals surface area (Å²) in [5.41, 5.74) is 1.64. The summed E-state index contributed by atoms with van der Waals surface area (Å²) >= 11 is 0. The van der Waals surface area contributed by atoms with Gasteiger partial charge in [-0.25, -0.2) is 4.98 Å². The van der Waals surface area contributed by atoms with Crippen LogP contribution >= 0.6 is 0 Å². The van der Waals surface area contributed by atoms with Crippen molar-refractivity contribution in [3.63, 3.8) is 0 Å². The van der Waals surface area contributed by atoms with Gasteiger partial charge in [0.2, 0.25) is 0 Å². The Bertz CT molecular complexity index is 869. The minimum absolute atomic E-state index is 0.210. The molecule has 3 aromatic rings. The first kappa shape index (κ1) is 14.7. The summed E-state index contributed by atoms with van der Waals surface area (Å²) < 4.78 is 6.80. The van der Waals surface area contributed by atoms with Crippen molar-refractivity contribution in [3.05, 3.63) is 54.4 Å². The maximum Gasteiger partial charge on any atom is 0.309 e. The molecule has 1 aromatic carbocycles. The van der Waals surface area contributed by atoms with E-state index in [2.05, 4.69) is 15.2 Å². The average molecular weight is 310 g/mol. The van der Waals surface area contributed by atoms with Crippen LogP contribution in [0.1, 0.15) is 5.69 Å². The third-order valence-electron chi connectivity index (χ3n) is 3.23. The van der Waals surface area contributed by atoms with Crippen molar-refractivity contribution in [1.29, 1.82) is 0 Å². The predicted molar refractivity (Wildman–Crippen MR) is 83.7 cm³/mol. The van der Waals surface area contributed by atoms with E-state index < -0.39 is 5.97 Å². The van der Waals surface area contributed by atoms with Crippen molar-refractivity contribution in [2.75, 3.05) is 7.11 Å². The first-order chi connectivity index (χ1) is 11.2. The van der Waals surface area contributed by atoms with Gasteiger partial charge in [-0.3, -0.25) is 9.20 Å². The lowest BCUT2D eigenvalue weighted by Crippen LogP contribution is -2.00. The van der Waals surface area contributed by atoms with Crippen LogP contribution in [0.15, 0.2) is 58.9 Å². The molecule has 116 valence electrons. The fourth-order valence-electron chi connectivity index (χ4n) is 2.15. The van der Waals surface area contributed by atoms with Crippen LogP contribution in [0.2, 0.25) is 0 Å². The van der Waals surface area contributed by atoms with Gasteiger partial charge in [-0.1, -0.05) is 6.07 Å². The number of hydrogen-bond acceptors (Lipinski definition) is 5. The Labute approximate surface area is 131 Å². The molecule has 2 heterocycles. The van der Waals surface area contributed by atoms with Crippen LogP contribution in [0, 0.1) is 0 Å². The van der Waals surface area contributed by atoms with Gasteiger partial charge in [0.15, 0.2) is 5.82 Å². The van der Waals surface area contributed by atoms with E-state index in [0.29, 0.717) is 22.8 Å². The highest BCUT2D eigenvalue weighted by molar-refractivity contribution is 5.72. The Balaban J connectivity index is 1.99. The molecule has 0 spiro atoms. The molecule has 0 aliphatic heterocycles. The standard InChI is InChI=1S/C16H14N4O3/c1-23-12-7-5-11(6-8-12)18-19-16-13(10-15(21)22)17-14-4-2-3-9-20(14)16/h2-9H,10H2,1H3,(H,21,22). The van der Waals surface area contributed by atoms with Gasteiger partial charge in [0.25, 0.3) is 0 Å². The minimum Gasteiger partial charge on any atom is -0.497 e. The molecule has 0 fully saturated rings. The number of carboxylic acids is 1. The fourth-order valence-corrected chi connectivity index (χ4v) is 2.15. The summed E-state index contributed by atoms with van der Waals surface area (Å²) in [4.78, 5) is 15.3. The number of carbonyl (C=O) groups is 1. The van der Waals surface area contributed by atoms with E-state index in [9.17, 15) is 4.79 Å². The SMILES string of the molecule is COc1ccc(N=Nc2c(CC(=O)O)nc3ccccn23)cc1. The van der Waals surface area contributed by atoms with E-state index in [-0.39, 0.29) is 6.42 Å². The lowest BCUT2D eigenvalue weighted by Gasteiger charge is -1.99. The zero-order valence-corrected chi connectivity index (χ0v) is 12.4. The second-order valence-electron chi connectivity index (χ2n) is 4.78. The smallest absolute Gasteiger partial charge is 0.309 e. The zero-order valence-electron chi connectivity index (χ0n) is 12.4. The topological polar surface area (TPSA) is 88.5 Å². The summed E-state index contributed by atoms with van der Waals surface area (Å²) in [5.74, 6) is 0.179. The van der Waals surface area contributed by atoms with Crippen LogP contribution in [0.4, 0.5) is 11.5 Å². The molecule has 1 N–H and O–H groups in total. The molecule has 0 radical (unpaired) electrons. The third kappa shape index (κ3) is 3.18. The number of azo groups is 1. The van der Waals surface area contributed by atoms with Crippen molar-refractivity contribution in [1.82, 2.24) is 9.38 Å². The Morgan fingerprint density at radius 2 is 2.00 bits per heavy atom. The van der Waals surface area contributed by atoms with Gasteiger partial charge in [-0.15, -0.1) is 10.2 Å². The normalized spacial score (nSPS) is 11.2. The second kappa shape index (κ2) is 6.27. The van der Waals surface area contributed by atoms with Gasteiger partial charge in [-0.05, 0) is 36.4 Å². The van der Waals surface area contributed by atoms with Crippen LogP contribution in [-0.4, -0.2) is 27.6 Å². The number of nitrogens with zero attached hydrogens (tertiary/aromatic N) is 4. The number of fused-ring (bicyclic) bond motifs is 1. The Morgan fingerprint density at radius 3 is 2.70 bits per heavy atom. The molecular weight excluding hydrogens is 296 g/mol. The van der Waals surface area contributed by atoms with E-state index in [4.69, 9.17) is 9.84 Å². The highest BCUT2D eigenvalue weighted by Crippen LogP contribution is 2.25. The fraction of sp³-hybridized carbons (Fsp3) is 0.125. The summed E-state index contributed by atoms with van der Waals surface area (Å²) in [5, 5.41) is 17.4. The third-order valence-corrected chi connectivity index (χ3v) is 3.23. The zero-order chi connectivity index (χ0) is 16.2. The highest BCUT2D eigenvalue weighted by atomic mass is 16.5. The van der Waals surface area contributed by atoms with Crippen LogP contribution in [0.25, 0.3) is 5.65 Å². The van der Waals surface area contributed by atoms with Crippen molar-refractivity contribution in [2.24, 2.45) is 10.2 Å². The lowest BCUT2D eigenvalue weighted by molar-refractivity contribution is -0.136. The van der Waals surface area contributed by atoms with Crippen molar-refractivity contribution >= 4 is 23.1 Å². The molecule has 2 aromatic heterocycles. The summed E-state index contributed by atoms with van der Waals surface area (Å²) in [6.45, 7) is 0. The van der Waals surface area contributed by atoms with E-state index >= 15 is 0 Å². The number of carboxylic acid groups (broad SMARTS) is 1. The molecule has 0 atom stereocenters. The van der Waals surface area contributed by atoms with Gasteiger partial charge in [0.05, 0.1) is 24.9 Å². The van der Waals surface area contributed by atoms with Crippen molar-refractivity contribution < 1.29 is 14.6 Å². The van der Waals surface area contributed by atoms with Gasteiger partial charge in [-0.2, -0.15) is 0 Å². The second-order valence-corrected chi connectivity index (χ2v) is 4.78. The molecule has 0 aliphatic rings. The molecule has 0 bridgehead atoms. The van der Waals surface area contributed by atoms with Gasteiger partial charge >= 0.3 is 5.97 Å². The maximum absolute atomic E-state index is 11.0. The quantitative estimate of drug-likeness (QED) is 0.732. The van der Waals surface area contributed by atoms with E-state index in [1.165, 1.54) is 0 Å². The van der Waals surface area contributed by atoms with Crippen LogP contribution in [-0.2, 0) is 11.2 Å². The number of pyridine rings is 1. The van der Waals surface area contributed by atoms with Gasteiger partial charge < -0.3 is 9.84 Å². The minimum atomic E-state index is -0.964. The maximum atomic E-state index is 11.0. The monoisotopic (exact) mass is 310 g/mol. The Kier molecular flexibility index (Phi) is 4.01. The summed E-state index contributed by atoms with van der Waals surface area (Å²) in [7, 11) is 1.59. The molecule has 23 heavy (non-hydrogen) atoms. The molecule has 0 amide bonds. The Hall–Kier alpha value is -3.22. The number of benzene rings is 1. The number of imidazole rings is 1. The number of methoxy groups -OCH3 is 1. The number of hydrogen-bond donors (Lipinski definition) is 1. The van der Waals surface area contributed by atoms with Crippen LogP contribution in [0.3, 0.4) is 0 Å². The van der Waals surface area contributed by atoms with Crippen molar-refractivity contribution in [2.45, 2.75) is 6.42 Å². The number of aliphatic carboxylic acids is 1. The van der Waals surface area contributed by atoms with E-state index in [1.54, 1.807) is 48.0 Å². The predicted octanol–water partition coefficient (Wildman–Crippen LogP) is 3.39. The molecule has 0 saturated heterocycles. The first-order valence-electron chi connectivity index (χ1n) is 6.91. The molecule has 0 saturated carbocycles. The van der Waals surface area contributed by atoms with Crippen LogP contribution < -0.4 is 4.74 Å². The molecule has 3 rings (SSSR count). The molecule has 0 unspecified atom stereocenters. The lowest BCUT2D eigenvalue weighted by atomic mass is 10.3. The summed E-state index contributed by atoms with van der Waals surface area (Å²) in [6, 6.07) is 12.5. The molecule has 7 nitrogen and oxygen atoms in total. The molecule has 7 heteroatoms. The van der Waals surface area contributed by atoms with E-state index in [1.807, 2.05) is 12.1 Å². The first-order valence-corrected chi connectivity index (χ1v) is 6.91. The molecule has 0 aliphatic carbocycles. The Morgan fingerprint density at radius 1 is 1.22 bits per heavy atom. The summed E-state index contributed by atoms with van der Waals surface area (Å²) in [6.07, 6.45) is 1.56. The average Bonchev–Trinajstić information content (AvgIpc) is 2.90. The number of ether oxygens (including phenoxy) is 1. The van der Waals surface area contributed by atoms with Gasteiger partial charge in [0.1, 0.15) is 11.4 Å². The van der Waals surface area contributed by atoms with Crippen LogP contribution in [0.5, 0.6) is 5.75 Å². The van der Waals surface area contributed by atoms with Gasteiger partial charge in [0, 0.05) is 6.20 Å². The largest absolute Gasteiger partial charge is 0.497 e. The highest BCUT2D eigenvalue weighted by Gasteiger charge is 2.14. The van der Waals surface area contributed by atoms with E-state index in [0.717, 1.165) is 5.75 Å². The number of rotatable bonds is 5. The molecular formula is C16H14N4O3. The number of aromatic nitrogens is 2.